The van der Waals surface area contributed by atoms with Crippen LogP contribution in [0, 0.1) is 0 Å². The van der Waals surface area contributed by atoms with Crippen molar-refractivity contribution >= 4 is 50.3 Å². The fraction of sp³-hybridized carbons (Fsp3) is 0.200. The molecule has 5 nitrogen and oxygen atoms in total. The Labute approximate surface area is 169 Å². The number of carboxylic acid groups (broad SMARTS) is 1. The van der Waals surface area contributed by atoms with E-state index in [1.54, 1.807) is 0 Å². The number of halogens is 2. The molecule has 0 unspecified atom stereocenters. The Kier molecular flexibility index (Phi) is 4.70. The molecular formula is C20H16BrClN2O3. The number of hydrogen-bond donors (Lipinski definition) is 2. The van der Waals surface area contributed by atoms with Crippen molar-refractivity contribution in [2.75, 3.05) is 5.88 Å². The number of hydrogen-bond acceptors (Lipinski definition) is 2. The van der Waals surface area contributed by atoms with E-state index in [4.69, 9.17) is 11.6 Å². The number of aromatic amines is 1. The zero-order chi connectivity index (χ0) is 19.1. The monoisotopic (exact) mass is 446 g/mol. The first-order valence-electron chi connectivity index (χ1n) is 8.46. The molecule has 0 bridgehead atoms. The SMILES string of the molecule is O=C(O)[C@@H]1Cc2c([nH]c3ccccc23)[C@@H](c2ccccc2Br)N1C(=O)CCl. The van der Waals surface area contributed by atoms with Gasteiger partial charge >= 0.3 is 5.97 Å². The van der Waals surface area contributed by atoms with E-state index in [0.717, 1.165) is 32.2 Å². The van der Waals surface area contributed by atoms with Gasteiger partial charge in [-0.25, -0.2) is 4.79 Å². The molecular weight excluding hydrogens is 432 g/mol. The number of amides is 1. The standard InChI is InChI=1S/C20H16BrClN2O3/c21-14-7-3-1-6-12(14)19-18-13(11-5-2-4-8-15(11)23-18)9-16(20(26)27)24(19)17(25)10-22/h1-8,16,19,23H,9-10H2,(H,26,27)/t16-,19+/m0/s1. The van der Waals surface area contributed by atoms with E-state index in [-0.39, 0.29) is 12.3 Å². The maximum Gasteiger partial charge on any atom is 0.326 e. The van der Waals surface area contributed by atoms with E-state index >= 15 is 0 Å². The zero-order valence-electron chi connectivity index (χ0n) is 14.2. The average molecular weight is 448 g/mol. The van der Waals surface area contributed by atoms with Crippen LogP contribution in [0.1, 0.15) is 22.9 Å². The van der Waals surface area contributed by atoms with Crippen LogP contribution in [0.2, 0.25) is 0 Å². The summed E-state index contributed by atoms with van der Waals surface area (Å²) in [6.45, 7) is 0. The van der Waals surface area contributed by atoms with Gasteiger partial charge in [0.2, 0.25) is 5.91 Å². The van der Waals surface area contributed by atoms with Crippen molar-refractivity contribution in [1.82, 2.24) is 9.88 Å². The van der Waals surface area contributed by atoms with E-state index in [9.17, 15) is 14.7 Å². The summed E-state index contributed by atoms with van der Waals surface area (Å²) in [7, 11) is 0. The summed E-state index contributed by atoms with van der Waals surface area (Å²) in [5.41, 5.74) is 3.50. The molecule has 2 heterocycles. The zero-order valence-corrected chi connectivity index (χ0v) is 16.5. The first-order valence-corrected chi connectivity index (χ1v) is 9.79. The van der Waals surface area contributed by atoms with Gasteiger partial charge in [-0.15, -0.1) is 11.6 Å². The number of para-hydroxylation sites is 1. The number of carbonyl (C=O) groups is 2. The summed E-state index contributed by atoms with van der Waals surface area (Å²) in [6.07, 6.45) is 0.234. The Morgan fingerprint density at radius 1 is 1.19 bits per heavy atom. The normalized spacial score (nSPS) is 19.1. The molecule has 3 aromatic rings. The first kappa shape index (κ1) is 18.1. The molecule has 1 amide bonds. The Balaban J connectivity index is 2.02. The molecule has 0 spiro atoms. The fourth-order valence-electron chi connectivity index (χ4n) is 3.88. The summed E-state index contributed by atoms with van der Waals surface area (Å²) in [5.74, 6) is -1.73. The predicted octanol–water partition coefficient (Wildman–Crippen LogP) is 4.10. The van der Waals surface area contributed by atoms with Crippen molar-refractivity contribution in [3.05, 3.63) is 69.8 Å². The fourth-order valence-corrected chi connectivity index (χ4v) is 4.52. The van der Waals surface area contributed by atoms with Gasteiger partial charge in [-0.2, -0.15) is 0 Å². The number of H-pyrrole nitrogens is 1. The summed E-state index contributed by atoms with van der Waals surface area (Å²) in [6, 6.07) is 13.7. The van der Waals surface area contributed by atoms with Gasteiger partial charge in [-0.05, 0) is 23.3 Å². The number of nitrogens with zero attached hydrogens (tertiary/aromatic N) is 1. The third kappa shape index (κ3) is 2.93. The molecule has 0 radical (unpaired) electrons. The van der Waals surface area contributed by atoms with E-state index in [2.05, 4.69) is 20.9 Å². The van der Waals surface area contributed by atoms with Crippen LogP contribution in [0.5, 0.6) is 0 Å². The average Bonchev–Trinajstić information content (AvgIpc) is 3.05. The highest BCUT2D eigenvalue weighted by Crippen LogP contribution is 2.42. The smallest absolute Gasteiger partial charge is 0.326 e. The lowest BCUT2D eigenvalue weighted by Gasteiger charge is -2.40. The number of nitrogens with one attached hydrogen (secondary N) is 1. The molecule has 4 rings (SSSR count). The number of carbonyl (C=O) groups excluding carboxylic acids is 1. The first-order chi connectivity index (χ1) is 13.0. The Morgan fingerprint density at radius 2 is 1.89 bits per heavy atom. The van der Waals surface area contributed by atoms with Gasteiger partial charge < -0.3 is 15.0 Å². The van der Waals surface area contributed by atoms with Crippen molar-refractivity contribution in [3.8, 4) is 0 Å². The van der Waals surface area contributed by atoms with Crippen LogP contribution in [0.4, 0.5) is 0 Å². The van der Waals surface area contributed by atoms with Gasteiger partial charge in [-0.1, -0.05) is 52.3 Å². The minimum absolute atomic E-state index is 0.234. The third-order valence-electron chi connectivity index (χ3n) is 5.02. The summed E-state index contributed by atoms with van der Waals surface area (Å²) in [5, 5.41) is 10.8. The van der Waals surface area contributed by atoms with Crippen LogP contribution in [0.3, 0.4) is 0 Å². The number of carboxylic acids is 1. The number of benzene rings is 2. The molecule has 1 aliphatic rings. The maximum absolute atomic E-state index is 12.7. The van der Waals surface area contributed by atoms with Crippen molar-refractivity contribution in [2.45, 2.75) is 18.5 Å². The second-order valence-corrected chi connectivity index (χ2v) is 7.60. The lowest BCUT2D eigenvalue weighted by atomic mass is 9.88. The van der Waals surface area contributed by atoms with Crippen molar-refractivity contribution in [3.63, 3.8) is 0 Å². The number of rotatable bonds is 3. The van der Waals surface area contributed by atoms with E-state index < -0.39 is 24.0 Å². The largest absolute Gasteiger partial charge is 0.480 e. The highest BCUT2D eigenvalue weighted by Gasteiger charge is 2.43. The number of aliphatic carboxylic acids is 1. The van der Waals surface area contributed by atoms with Crippen LogP contribution >= 0.6 is 27.5 Å². The lowest BCUT2D eigenvalue weighted by molar-refractivity contribution is -0.151. The molecule has 0 saturated carbocycles. The van der Waals surface area contributed by atoms with Crippen LogP contribution < -0.4 is 0 Å². The van der Waals surface area contributed by atoms with Crippen LogP contribution in [-0.2, 0) is 16.0 Å². The molecule has 2 atom stereocenters. The summed E-state index contributed by atoms with van der Waals surface area (Å²) in [4.78, 5) is 29.6. The van der Waals surface area contributed by atoms with Gasteiger partial charge in [0.05, 0.1) is 6.04 Å². The van der Waals surface area contributed by atoms with Crippen molar-refractivity contribution in [1.29, 1.82) is 0 Å². The molecule has 7 heteroatoms. The molecule has 1 aliphatic heterocycles. The van der Waals surface area contributed by atoms with Gasteiger partial charge in [0.1, 0.15) is 11.9 Å². The van der Waals surface area contributed by atoms with Gasteiger partial charge in [0.25, 0.3) is 0 Å². The highest BCUT2D eigenvalue weighted by atomic mass is 79.9. The number of fused-ring (bicyclic) bond motifs is 3. The summed E-state index contributed by atoms with van der Waals surface area (Å²) < 4.78 is 0.804. The number of alkyl halides is 1. The van der Waals surface area contributed by atoms with Crippen molar-refractivity contribution in [2.24, 2.45) is 0 Å². The molecule has 0 aliphatic carbocycles. The predicted molar refractivity (Wildman–Crippen MR) is 107 cm³/mol. The van der Waals surface area contributed by atoms with Gasteiger partial charge in [-0.3, -0.25) is 4.79 Å². The maximum atomic E-state index is 12.7. The Morgan fingerprint density at radius 3 is 2.59 bits per heavy atom. The minimum Gasteiger partial charge on any atom is -0.480 e. The molecule has 0 fully saturated rings. The van der Waals surface area contributed by atoms with Gasteiger partial charge in [0, 0.05) is 27.5 Å². The quantitative estimate of drug-likeness (QED) is 0.594. The van der Waals surface area contributed by atoms with Crippen LogP contribution in [-0.4, -0.2) is 38.8 Å². The highest BCUT2D eigenvalue weighted by molar-refractivity contribution is 9.10. The topological polar surface area (TPSA) is 73.4 Å². The summed E-state index contributed by atoms with van der Waals surface area (Å²) >= 11 is 9.40. The van der Waals surface area contributed by atoms with Crippen LogP contribution in [0.15, 0.2) is 53.0 Å². The second kappa shape index (κ2) is 7.02. The van der Waals surface area contributed by atoms with E-state index in [0.29, 0.717) is 0 Å². The van der Waals surface area contributed by atoms with E-state index in [1.807, 2.05) is 48.5 Å². The molecule has 2 aromatic carbocycles. The van der Waals surface area contributed by atoms with Crippen LogP contribution in [0.25, 0.3) is 10.9 Å². The molecule has 2 N–H and O–H groups in total. The van der Waals surface area contributed by atoms with Crippen molar-refractivity contribution < 1.29 is 14.7 Å². The third-order valence-corrected chi connectivity index (χ3v) is 5.97. The minimum atomic E-state index is -1.04. The van der Waals surface area contributed by atoms with Gasteiger partial charge in [0.15, 0.2) is 0 Å². The Hall–Kier alpha value is -2.31. The second-order valence-electron chi connectivity index (χ2n) is 6.48. The molecule has 27 heavy (non-hydrogen) atoms. The lowest BCUT2D eigenvalue weighted by Crippen LogP contribution is -2.52. The number of aromatic nitrogens is 1. The van der Waals surface area contributed by atoms with E-state index in [1.165, 1.54) is 4.90 Å². The molecule has 0 saturated heterocycles. The molecule has 138 valence electrons. The Bertz CT molecular complexity index is 1050. The molecule has 1 aromatic heterocycles.